The second-order valence-corrected chi connectivity index (χ2v) is 7.57. The molecule has 2 aliphatic carbocycles. The lowest BCUT2D eigenvalue weighted by Crippen LogP contribution is -2.43. The summed E-state index contributed by atoms with van der Waals surface area (Å²) in [6.07, 6.45) is -17.3. The number of aliphatic hydroxyl groups is 1. The van der Waals surface area contributed by atoms with Gasteiger partial charge in [-0.3, -0.25) is 9.59 Å². The monoisotopic (exact) mass is 438 g/mol. The van der Waals surface area contributed by atoms with Crippen molar-refractivity contribution in [3.8, 4) is 0 Å². The Balaban J connectivity index is 2.32. The normalized spacial score (nSPS) is 57.3. The Morgan fingerprint density at radius 2 is 2.30 bits per heavy atom. The lowest BCUT2D eigenvalue weighted by Gasteiger charge is -2.44. The van der Waals surface area contributed by atoms with E-state index in [1.165, 1.54) is 0 Å². The molecule has 2 unspecified atom stereocenters. The minimum atomic E-state index is -4.52. The van der Waals surface area contributed by atoms with Gasteiger partial charge in [-0.15, -0.1) is 0 Å². The van der Waals surface area contributed by atoms with Gasteiger partial charge in [0.25, 0.3) is 0 Å². The van der Waals surface area contributed by atoms with Gasteiger partial charge in [-0.1, -0.05) is 38.9 Å². The van der Waals surface area contributed by atoms with Crippen LogP contribution >= 0.6 is 0 Å². The predicted octanol–water partition coefficient (Wildman–Crippen LogP) is 4.59. The lowest BCUT2D eigenvalue weighted by molar-refractivity contribution is -0.166. The van der Waals surface area contributed by atoms with E-state index in [-0.39, 0.29) is 6.42 Å². The first-order chi connectivity index (χ1) is 22.0. The van der Waals surface area contributed by atoms with Crippen LogP contribution < -0.4 is 0 Å². The molecule has 0 aromatic rings. The third-order valence-corrected chi connectivity index (χ3v) is 5.30. The van der Waals surface area contributed by atoms with Crippen molar-refractivity contribution in [1.82, 2.24) is 0 Å². The first kappa shape index (κ1) is 8.38. The molecule has 1 heterocycles. The molecule has 0 spiro atoms. The molecule has 1 aliphatic heterocycles. The molecule has 0 radical (unpaired) electrons. The van der Waals surface area contributed by atoms with E-state index in [4.69, 9.17) is 36.9 Å². The molecule has 1 N–H and O–H groups in total. The van der Waals surface area contributed by atoms with Gasteiger partial charge in [-0.2, -0.15) is 0 Å². The molecule has 168 valence electrons. The number of hydrogen-bond donors (Lipinski definition) is 1. The van der Waals surface area contributed by atoms with Crippen LogP contribution in [0.15, 0.2) is 23.7 Å². The van der Waals surface area contributed by atoms with Crippen LogP contribution in [0.4, 0.5) is 0 Å². The number of esters is 2. The highest BCUT2D eigenvalue weighted by Crippen LogP contribution is 2.45. The van der Waals surface area contributed by atoms with Gasteiger partial charge in [0.1, 0.15) is 12.2 Å². The maximum atomic E-state index is 14.1. The van der Waals surface area contributed by atoms with Gasteiger partial charge in [0.2, 0.25) is 0 Å². The summed E-state index contributed by atoms with van der Waals surface area (Å²) in [5, 5.41) is 10.2. The summed E-state index contributed by atoms with van der Waals surface area (Å²) in [5.41, 5.74) is -5.13. The maximum absolute atomic E-state index is 14.1. The number of cyclic esters (lactones) is 1. The molecule has 3 rings (SSSR count). The second-order valence-electron chi connectivity index (χ2n) is 7.57. The third-order valence-electron chi connectivity index (χ3n) is 5.30. The summed E-state index contributed by atoms with van der Waals surface area (Å²) in [6.45, 7) is -10.8. The Morgan fingerprint density at radius 3 is 3.00 bits per heavy atom. The van der Waals surface area contributed by atoms with Crippen LogP contribution in [-0.4, -0.2) is 35.4 Å². The first-order valence-electron chi connectivity index (χ1n) is 19.5. The van der Waals surface area contributed by atoms with Crippen molar-refractivity contribution >= 4 is 11.9 Å². The van der Waals surface area contributed by atoms with Crippen LogP contribution in [0.25, 0.3) is 0 Å². The van der Waals surface area contributed by atoms with E-state index >= 15 is 0 Å². The van der Waals surface area contributed by atoms with E-state index in [1.54, 1.807) is 0 Å². The molecule has 0 aromatic carbocycles. The third kappa shape index (κ3) is 5.16. The van der Waals surface area contributed by atoms with Crippen molar-refractivity contribution in [3.63, 3.8) is 0 Å². The maximum Gasteiger partial charge on any atom is 0.311 e. The molecule has 3 aliphatic rings. The second kappa shape index (κ2) is 9.25. The number of rotatable bonds is 6. The minimum absolute atomic E-state index is 0.326. The van der Waals surface area contributed by atoms with Gasteiger partial charge in [-0.25, -0.2) is 0 Å². The smallest absolute Gasteiger partial charge is 0.311 e. The predicted molar refractivity (Wildman–Crippen MR) is 115 cm³/mol. The number of fused-ring (bicyclic) bond motifs is 1. The molecule has 5 heteroatoms. The van der Waals surface area contributed by atoms with Gasteiger partial charge in [0.15, 0.2) is 0 Å². The van der Waals surface area contributed by atoms with Gasteiger partial charge >= 0.3 is 11.9 Å². The topological polar surface area (TPSA) is 72.8 Å². The Morgan fingerprint density at radius 1 is 1.50 bits per heavy atom. The highest BCUT2D eigenvalue weighted by atomic mass is 16.6. The van der Waals surface area contributed by atoms with Gasteiger partial charge in [0, 0.05) is 35.6 Å². The molecule has 7 atom stereocenters. The van der Waals surface area contributed by atoms with E-state index in [9.17, 15) is 14.7 Å². The summed E-state index contributed by atoms with van der Waals surface area (Å²) >= 11 is 0. The van der Waals surface area contributed by atoms with Crippen LogP contribution in [0.3, 0.4) is 0 Å². The van der Waals surface area contributed by atoms with Crippen molar-refractivity contribution in [2.45, 2.75) is 91.1 Å². The van der Waals surface area contributed by atoms with Gasteiger partial charge < -0.3 is 14.6 Å². The average Bonchev–Trinajstić information content (AvgIpc) is 2.89. The average molecular weight is 439 g/mol. The number of hydrogen-bond acceptors (Lipinski definition) is 5. The molecule has 5 nitrogen and oxygen atoms in total. The largest absolute Gasteiger partial charge is 0.462 e. The van der Waals surface area contributed by atoms with E-state index in [1.807, 2.05) is 0 Å². The number of ether oxygens (including phenoxy) is 2. The molecule has 1 saturated heterocycles. The van der Waals surface area contributed by atoms with Crippen molar-refractivity contribution in [3.05, 3.63) is 23.7 Å². The van der Waals surface area contributed by atoms with Gasteiger partial charge in [-0.05, 0) is 62.6 Å². The lowest BCUT2D eigenvalue weighted by atomic mass is 9.65. The fourth-order valence-corrected chi connectivity index (χ4v) is 3.80. The highest BCUT2D eigenvalue weighted by molar-refractivity contribution is 5.76. The van der Waals surface area contributed by atoms with Crippen molar-refractivity contribution < 1.29 is 51.6 Å². The van der Waals surface area contributed by atoms with Gasteiger partial charge in [0.05, 0.1) is 22.0 Å². The highest BCUT2D eigenvalue weighted by Gasteiger charge is 2.43. The van der Waals surface area contributed by atoms with E-state index in [0.29, 0.717) is 0 Å². The molecule has 0 aromatic heterocycles. The number of allylic oxidation sites excluding steroid dienone is 3. The molecule has 0 saturated carbocycles. The summed E-state index contributed by atoms with van der Waals surface area (Å²) in [4.78, 5) is 26.4. The summed E-state index contributed by atoms with van der Waals surface area (Å²) in [6, 6.07) is -2.54. The van der Waals surface area contributed by atoms with Crippen LogP contribution in [0.1, 0.15) is 100 Å². The zero-order valence-corrected chi connectivity index (χ0v) is 16.6. The van der Waals surface area contributed by atoms with Crippen molar-refractivity contribution in [1.29, 1.82) is 0 Å². The SMILES string of the molecule is [2H]C1=C([2H])[C@]([2H])(C)[C@H](CCC2C[C@@H](O)C([2H])([2H])C(=O)O2)[C@@H]2C1=C([2H])[C@]([2H])(C)C([2H])([2H])C2OC(=O)C(C([2H])([2H])[2H])(C([2H])([2H])[2H])C([2H])([2H])C([2H])([2H])[2H]. The molecular weight excluding hydrogens is 380 g/mol. The standard InChI is InChI=1S/C25H38O5/c1-6-25(4,5)24(28)30-21-12-15(2)11-17-8-7-16(3)20(23(17)21)10-9-19-13-18(26)14-22(27)29-19/h7-8,11,15-16,18-21,23,26H,6,9-10,12-14H2,1-5H3/t15-,16-,18+,19?,20-,21?,23-/m0/s1/i1D3,4D3,5D3,6D2,7D,8D,11D,12D2,14D2,15D,16D. The Labute approximate surface area is 209 Å². The van der Waals surface area contributed by atoms with Crippen LogP contribution in [0, 0.1) is 29.0 Å². The van der Waals surface area contributed by atoms with Crippen LogP contribution in [-0.2, 0) is 19.1 Å². The Bertz CT molecular complexity index is 1440. The fourth-order valence-electron chi connectivity index (χ4n) is 3.80. The summed E-state index contributed by atoms with van der Waals surface area (Å²) in [5.74, 6) is -12.5. The number of carbonyl (C=O) groups excluding carboxylic acids is 2. The fraction of sp³-hybridized carbons (Fsp3) is 0.760. The number of carbonyl (C=O) groups is 2. The minimum Gasteiger partial charge on any atom is -0.462 e. The van der Waals surface area contributed by atoms with Crippen molar-refractivity contribution in [2.75, 3.05) is 0 Å². The Hall–Kier alpha value is -1.62. The summed E-state index contributed by atoms with van der Waals surface area (Å²) in [7, 11) is 0. The quantitative estimate of drug-likeness (QED) is 0.614. The zero-order valence-electron chi connectivity index (χ0n) is 36.6. The molecular formula is C25H38O5. The van der Waals surface area contributed by atoms with Crippen molar-refractivity contribution in [2.24, 2.45) is 29.0 Å². The molecule has 1 fully saturated rings. The van der Waals surface area contributed by atoms with Crippen LogP contribution in [0.2, 0.25) is 0 Å². The van der Waals surface area contributed by atoms with E-state index < -0.39 is 136 Å². The van der Waals surface area contributed by atoms with Crippen LogP contribution in [0.5, 0.6) is 0 Å². The summed E-state index contributed by atoms with van der Waals surface area (Å²) < 4.78 is 175. The molecule has 0 bridgehead atoms. The first-order valence-corrected chi connectivity index (χ1v) is 9.50. The van der Waals surface area contributed by atoms with E-state index in [2.05, 4.69) is 0 Å². The molecule has 0 amide bonds. The van der Waals surface area contributed by atoms with E-state index in [0.717, 1.165) is 13.8 Å². The Kier molecular flexibility index (Phi) is 2.59. The number of aliphatic hydroxyl groups excluding tert-OH is 1. The zero-order chi connectivity index (χ0) is 39.4. The molecule has 30 heavy (non-hydrogen) atoms.